The van der Waals surface area contributed by atoms with Gasteiger partial charge < -0.3 is 109 Å². The predicted molar refractivity (Wildman–Crippen MR) is 265 cm³/mol. The molecule has 4 heterocycles. The molecular formula is C54H92O22. The van der Waals surface area contributed by atoms with Gasteiger partial charge in [-0.25, -0.2) is 0 Å². The van der Waals surface area contributed by atoms with E-state index in [9.17, 15) is 71.5 Å². The number of aliphatic hydroxyl groups excluding tert-OH is 13. The Balaban J connectivity index is 0.971. The molecule has 0 aromatic heterocycles. The van der Waals surface area contributed by atoms with Gasteiger partial charge in [0.05, 0.1) is 43.7 Å². The summed E-state index contributed by atoms with van der Waals surface area (Å²) >= 11 is 0. The fourth-order valence-corrected chi connectivity index (χ4v) is 15.5. The molecule has 4 saturated heterocycles. The molecular weight excluding hydrogens is 1000 g/mol. The van der Waals surface area contributed by atoms with Gasteiger partial charge in [-0.3, -0.25) is 0 Å². The molecule has 4 aliphatic heterocycles. The van der Waals surface area contributed by atoms with Crippen LogP contribution in [0.5, 0.6) is 0 Å². The van der Waals surface area contributed by atoms with Gasteiger partial charge in [-0.05, 0) is 118 Å². The van der Waals surface area contributed by atoms with Gasteiger partial charge in [0.1, 0.15) is 91.6 Å². The first kappa shape index (κ1) is 60.9. The maximum Gasteiger partial charge on any atom is 0.187 e. The van der Waals surface area contributed by atoms with Gasteiger partial charge in [0.15, 0.2) is 25.2 Å². The Hall–Kier alpha value is -1.14. The minimum Gasteiger partial charge on any atom is -0.394 e. The van der Waals surface area contributed by atoms with E-state index >= 15 is 0 Å². The molecule has 0 amide bonds. The molecule has 0 aromatic rings. The highest BCUT2D eigenvalue weighted by atomic mass is 16.8. The molecule has 0 unspecified atom stereocenters. The van der Waals surface area contributed by atoms with Crippen LogP contribution in [0.4, 0.5) is 0 Å². The molecule has 3 saturated carbocycles. The van der Waals surface area contributed by atoms with Crippen molar-refractivity contribution in [1.82, 2.24) is 0 Å². The summed E-state index contributed by atoms with van der Waals surface area (Å²) in [6.45, 7) is 16.8. The minimum absolute atomic E-state index is 0.0115. The number of hydrogen-bond donors (Lipinski definition) is 14. The van der Waals surface area contributed by atoms with Gasteiger partial charge in [0.25, 0.3) is 0 Å². The Morgan fingerprint density at radius 2 is 1.16 bits per heavy atom. The van der Waals surface area contributed by atoms with Crippen LogP contribution >= 0.6 is 0 Å². The van der Waals surface area contributed by atoms with Crippen molar-refractivity contribution in [3.63, 3.8) is 0 Å². The highest BCUT2D eigenvalue weighted by Gasteiger charge is 2.68. The second kappa shape index (κ2) is 22.9. The van der Waals surface area contributed by atoms with Gasteiger partial charge in [-0.15, -0.1) is 0 Å². The van der Waals surface area contributed by atoms with Crippen LogP contribution in [-0.2, 0) is 37.9 Å². The molecule has 0 bridgehead atoms. The summed E-state index contributed by atoms with van der Waals surface area (Å²) in [5, 5.41) is 150. The van der Waals surface area contributed by atoms with Crippen LogP contribution in [0.2, 0.25) is 0 Å². The Morgan fingerprint density at radius 3 is 1.75 bits per heavy atom. The van der Waals surface area contributed by atoms with Crippen molar-refractivity contribution in [2.75, 3.05) is 19.8 Å². The average molecular weight is 1090 g/mol. The molecule has 29 atom stereocenters. The number of rotatable bonds is 16. The largest absolute Gasteiger partial charge is 0.394 e. The van der Waals surface area contributed by atoms with E-state index in [1.165, 1.54) is 12.5 Å². The molecule has 0 spiro atoms. The molecule has 14 N–H and O–H groups in total. The highest BCUT2D eigenvalue weighted by Crippen LogP contribution is 2.75. The predicted octanol–water partition coefficient (Wildman–Crippen LogP) is -1.17. The average Bonchev–Trinajstić information content (AvgIpc) is 3.84. The van der Waals surface area contributed by atoms with Crippen LogP contribution in [0.15, 0.2) is 11.6 Å². The number of fused-ring (bicyclic) bond motifs is 5. The first-order valence-electron chi connectivity index (χ1n) is 27.8. The summed E-state index contributed by atoms with van der Waals surface area (Å²) in [6.07, 6.45) is -22.3. The molecule has 76 heavy (non-hydrogen) atoms. The summed E-state index contributed by atoms with van der Waals surface area (Å²) < 4.78 is 48.1. The fraction of sp³-hybridized carbons (Fsp3) is 0.963. The van der Waals surface area contributed by atoms with Crippen LogP contribution < -0.4 is 0 Å². The number of ether oxygens (including phenoxy) is 8. The first-order valence-corrected chi connectivity index (χ1v) is 27.8. The van der Waals surface area contributed by atoms with E-state index in [1.54, 1.807) is 13.8 Å². The van der Waals surface area contributed by atoms with Gasteiger partial charge in [0.2, 0.25) is 0 Å². The van der Waals surface area contributed by atoms with Gasteiger partial charge in [-0.2, -0.15) is 0 Å². The third kappa shape index (κ3) is 10.8. The quantitative estimate of drug-likeness (QED) is 0.0810. The zero-order valence-electron chi connectivity index (χ0n) is 45.6. The Labute approximate surface area is 445 Å². The molecule has 22 nitrogen and oxygen atoms in total. The lowest BCUT2D eigenvalue weighted by Gasteiger charge is -2.66. The number of allylic oxidation sites excluding steroid dienone is 1. The standard InChI is InChI=1S/C54H92O22/c1-23(25-16-17-54(9)31-13-11-26-27(52(31,7)18-19-53(25,54)8)12-15-32(50(26,3)4)74-47-43(66)39(62)35(58)28(20-55)71-47)10-14-33(51(5,6)68)75-49-45(76-48-44(67)40(63)36(59)29(21-56)72-48)41(64)37(60)30(73-49)22-69-46-42(65)38(61)34(57)24(2)70-46/h11,23-25,27-49,55-68H,10,12-22H2,1-9H3/t23-,24+,25-,27-,28-,29-,30-,31-,32+,33-,34+,35-,36-,37-,38-,39+,40+,41+,42-,43-,44-,45-,46-,47+,48+,49+,52+,53-,54+/m1/s1. The zero-order chi connectivity index (χ0) is 55.9. The fourth-order valence-electron chi connectivity index (χ4n) is 15.5. The monoisotopic (exact) mass is 1090 g/mol. The van der Waals surface area contributed by atoms with Gasteiger partial charge >= 0.3 is 0 Å². The van der Waals surface area contributed by atoms with Crippen molar-refractivity contribution >= 4 is 0 Å². The maximum absolute atomic E-state index is 11.8. The summed E-state index contributed by atoms with van der Waals surface area (Å²) in [7, 11) is 0. The Morgan fingerprint density at radius 1 is 0.605 bits per heavy atom. The summed E-state index contributed by atoms with van der Waals surface area (Å²) in [6, 6.07) is 0. The highest BCUT2D eigenvalue weighted by molar-refractivity contribution is 5.30. The van der Waals surface area contributed by atoms with E-state index in [-0.39, 0.29) is 34.2 Å². The van der Waals surface area contributed by atoms with Crippen molar-refractivity contribution in [2.24, 2.45) is 45.3 Å². The van der Waals surface area contributed by atoms with Crippen molar-refractivity contribution in [2.45, 2.75) is 261 Å². The summed E-state index contributed by atoms with van der Waals surface area (Å²) in [5.41, 5.74) is -0.714. The van der Waals surface area contributed by atoms with Crippen molar-refractivity contribution in [3.8, 4) is 0 Å². The van der Waals surface area contributed by atoms with E-state index < -0.39 is 160 Å². The molecule has 7 fully saturated rings. The molecule has 22 heteroatoms. The van der Waals surface area contributed by atoms with Crippen LogP contribution in [0.1, 0.15) is 120 Å². The zero-order valence-corrected chi connectivity index (χ0v) is 45.6. The van der Waals surface area contributed by atoms with E-state index in [0.717, 1.165) is 38.5 Å². The minimum atomic E-state index is -1.89. The molecule has 4 aliphatic carbocycles. The first-order chi connectivity index (χ1) is 35.5. The van der Waals surface area contributed by atoms with Crippen LogP contribution in [-0.4, -0.2) is 232 Å². The van der Waals surface area contributed by atoms with Crippen LogP contribution in [0.3, 0.4) is 0 Å². The molecule has 0 aromatic carbocycles. The SMILES string of the molecule is C[C@H](CC[C@@H](O[C@@H]1O[C@H](CO[C@@H]2O[C@@H](C)[C@H](O)[C@@H](O)[C@H]2O)[C@@H](O)[C@H](O)[C@H]1O[C@@H]1O[C@H](CO)[C@@H](O)[C@H](O)[C@H]1O)C(C)(C)O)[C@H]1CC[C@@]2(C)[C@@H]3CC=C4[C@@H](CC[C@H](O[C@@H]5O[C@H](CO)[C@@H](O)[C@H](O)[C@H]5O)C4(C)C)[C@]3(C)CC[C@]12C. The third-order valence-electron chi connectivity index (χ3n) is 20.7. The van der Waals surface area contributed by atoms with Crippen LogP contribution in [0, 0.1) is 45.3 Å². The lowest BCUT2D eigenvalue weighted by Crippen LogP contribution is -2.65. The smallest absolute Gasteiger partial charge is 0.187 e. The van der Waals surface area contributed by atoms with E-state index in [4.69, 9.17) is 37.9 Å². The van der Waals surface area contributed by atoms with Crippen LogP contribution in [0.25, 0.3) is 0 Å². The molecule has 440 valence electrons. The topological polar surface area (TPSA) is 357 Å². The maximum atomic E-state index is 11.8. The van der Waals surface area contributed by atoms with E-state index in [0.29, 0.717) is 31.1 Å². The molecule has 0 radical (unpaired) electrons. The normalized spacial score (nSPS) is 51.5. The van der Waals surface area contributed by atoms with Gasteiger partial charge in [-0.1, -0.05) is 53.2 Å². The number of aliphatic hydroxyl groups is 14. The second-order valence-corrected chi connectivity index (χ2v) is 25.8. The Bertz CT molecular complexity index is 1970. The summed E-state index contributed by atoms with van der Waals surface area (Å²) in [5.74, 6) is 1.12. The van der Waals surface area contributed by atoms with Crippen molar-refractivity contribution in [3.05, 3.63) is 11.6 Å². The number of hydrogen-bond acceptors (Lipinski definition) is 22. The second-order valence-electron chi connectivity index (χ2n) is 25.8. The lowest BCUT2D eigenvalue weighted by atomic mass is 9.39. The van der Waals surface area contributed by atoms with E-state index in [2.05, 4.69) is 47.6 Å². The summed E-state index contributed by atoms with van der Waals surface area (Å²) in [4.78, 5) is 0. The lowest BCUT2D eigenvalue weighted by molar-refractivity contribution is -0.380. The van der Waals surface area contributed by atoms with Crippen molar-refractivity contribution < 1.29 is 109 Å². The molecule has 8 aliphatic rings. The third-order valence-corrected chi connectivity index (χ3v) is 20.7. The van der Waals surface area contributed by atoms with Crippen molar-refractivity contribution in [1.29, 1.82) is 0 Å². The van der Waals surface area contributed by atoms with E-state index in [1.807, 2.05) is 0 Å². The van der Waals surface area contributed by atoms with Gasteiger partial charge in [0, 0.05) is 5.41 Å². The Kier molecular flexibility index (Phi) is 18.4. The molecule has 8 rings (SSSR count).